The molecule has 1 unspecified atom stereocenters. The Bertz CT molecular complexity index is 663. The molecule has 0 aliphatic carbocycles. The topological polar surface area (TPSA) is 64.4 Å². The number of benzene rings is 2. The van der Waals surface area contributed by atoms with E-state index in [0.717, 1.165) is 12.2 Å². The first-order chi connectivity index (χ1) is 10.1. The maximum Gasteiger partial charge on any atom is 0.252 e. The average molecular weight is 303 g/mol. The quantitative estimate of drug-likeness (QED) is 0.857. The van der Waals surface area contributed by atoms with Crippen LogP contribution in [-0.2, 0) is 6.42 Å². The van der Waals surface area contributed by atoms with Crippen LogP contribution in [-0.4, -0.2) is 18.6 Å². The predicted octanol–water partition coefficient (Wildman–Crippen LogP) is 2.66. The van der Waals surface area contributed by atoms with E-state index in [-0.39, 0.29) is 12.0 Å². The number of rotatable bonds is 3. The number of carbonyl (C=O) groups excluding carboxylic acids is 1. The molecule has 1 aliphatic heterocycles. The zero-order valence-electron chi connectivity index (χ0n) is 11.3. The fourth-order valence-electron chi connectivity index (χ4n) is 2.39. The van der Waals surface area contributed by atoms with E-state index < -0.39 is 0 Å². The summed E-state index contributed by atoms with van der Waals surface area (Å²) in [6, 6.07) is 12.7. The minimum absolute atomic E-state index is 0.0427. The summed E-state index contributed by atoms with van der Waals surface area (Å²) in [6.45, 7) is 0.439. The van der Waals surface area contributed by atoms with Crippen molar-refractivity contribution in [2.24, 2.45) is 0 Å². The first-order valence-corrected chi connectivity index (χ1v) is 7.09. The van der Waals surface area contributed by atoms with E-state index in [9.17, 15) is 4.79 Å². The van der Waals surface area contributed by atoms with Gasteiger partial charge in [-0.25, -0.2) is 0 Å². The summed E-state index contributed by atoms with van der Waals surface area (Å²) in [4.78, 5) is 12.1. The van der Waals surface area contributed by atoms with E-state index in [1.54, 1.807) is 18.2 Å². The van der Waals surface area contributed by atoms with E-state index >= 15 is 0 Å². The van der Waals surface area contributed by atoms with Gasteiger partial charge in [0.15, 0.2) is 0 Å². The number of nitrogens with two attached hydrogens (primary N) is 1. The molecule has 1 amide bonds. The predicted molar refractivity (Wildman–Crippen MR) is 82.8 cm³/mol. The van der Waals surface area contributed by atoms with Gasteiger partial charge in [-0.3, -0.25) is 4.79 Å². The minimum atomic E-state index is -0.223. The Morgan fingerprint density at radius 3 is 2.90 bits per heavy atom. The summed E-state index contributed by atoms with van der Waals surface area (Å²) in [5.74, 6) is 0.668. The highest BCUT2D eigenvalue weighted by Gasteiger charge is 2.23. The van der Waals surface area contributed by atoms with Crippen molar-refractivity contribution >= 4 is 23.2 Å². The van der Waals surface area contributed by atoms with E-state index in [0.29, 0.717) is 22.8 Å². The largest absolute Gasteiger partial charge is 0.488 e. The number of nitrogens with one attached hydrogen (secondary N) is 1. The van der Waals surface area contributed by atoms with Gasteiger partial charge in [0.05, 0.1) is 17.1 Å². The number of ether oxygens (including phenoxy) is 1. The molecule has 3 N–H and O–H groups in total. The van der Waals surface area contributed by atoms with Crippen LogP contribution in [0.25, 0.3) is 0 Å². The van der Waals surface area contributed by atoms with Crippen molar-refractivity contribution in [3.05, 3.63) is 58.6 Å². The summed E-state index contributed by atoms with van der Waals surface area (Å²) >= 11 is 6.02. The fourth-order valence-corrected chi connectivity index (χ4v) is 2.66. The highest BCUT2D eigenvalue weighted by Crippen LogP contribution is 2.27. The van der Waals surface area contributed by atoms with Crippen LogP contribution in [0.1, 0.15) is 15.9 Å². The number of halogens is 1. The van der Waals surface area contributed by atoms with Crippen molar-refractivity contribution in [2.75, 3.05) is 12.3 Å². The number of carbonyl (C=O) groups is 1. The number of anilines is 1. The SMILES string of the molecule is Nc1ccc(C(=O)NCC2Cc3ccccc3O2)c(Cl)c1. The van der Waals surface area contributed by atoms with Crippen molar-refractivity contribution in [1.29, 1.82) is 0 Å². The number of para-hydroxylation sites is 1. The number of fused-ring (bicyclic) bond motifs is 1. The van der Waals surface area contributed by atoms with Crippen LogP contribution in [0.3, 0.4) is 0 Å². The third-order valence-electron chi connectivity index (χ3n) is 3.44. The van der Waals surface area contributed by atoms with Crippen molar-refractivity contribution in [1.82, 2.24) is 5.32 Å². The molecule has 0 aromatic heterocycles. The minimum Gasteiger partial charge on any atom is -0.488 e. The lowest BCUT2D eigenvalue weighted by molar-refractivity contribution is 0.0933. The van der Waals surface area contributed by atoms with Gasteiger partial charge in [-0.1, -0.05) is 29.8 Å². The van der Waals surface area contributed by atoms with Crippen LogP contribution in [0.5, 0.6) is 5.75 Å². The lowest BCUT2D eigenvalue weighted by Crippen LogP contribution is -2.34. The molecule has 1 aliphatic rings. The monoisotopic (exact) mass is 302 g/mol. The molecular weight excluding hydrogens is 288 g/mol. The van der Waals surface area contributed by atoms with E-state index in [1.165, 1.54) is 5.56 Å². The van der Waals surface area contributed by atoms with Gasteiger partial charge in [0.1, 0.15) is 11.9 Å². The standard InChI is InChI=1S/C16H15ClN2O2/c17-14-8-11(18)5-6-13(14)16(20)19-9-12-7-10-3-1-2-4-15(10)21-12/h1-6,8,12H,7,9,18H2,(H,19,20). The molecule has 3 rings (SSSR count). The molecule has 1 atom stereocenters. The molecule has 5 heteroatoms. The highest BCUT2D eigenvalue weighted by molar-refractivity contribution is 6.34. The van der Waals surface area contributed by atoms with Crippen LogP contribution >= 0.6 is 11.6 Å². The van der Waals surface area contributed by atoms with Crippen LogP contribution in [0.15, 0.2) is 42.5 Å². The van der Waals surface area contributed by atoms with Crippen molar-refractivity contribution in [2.45, 2.75) is 12.5 Å². The summed E-state index contributed by atoms with van der Waals surface area (Å²) in [6.07, 6.45) is 0.755. The molecule has 0 saturated carbocycles. The first kappa shape index (κ1) is 13.8. The Labute approximate surface area is 127 Å². The molecule has 0 bridgehead atoms. The molecular formula is C16H15ClN2O2. The van der Waals surface area contributed by atoms with Crippen LogP contribution in [0.4, 0.5) is 5.69 Å². The van der Waals surface area contributed by atoms with Gasteiger partial charge >= 0.3 is 0 Å². The lowest BCUT2D eigenvalue weighted by atomic mass is 10.1. The van der Waals surface area contributed by atoms with E-state index in [1.807, 2.05) is 24.3 Å². The van der Waals surface area contributed by atoms with Gasteiger partial charge in [-0.05, 0) is 29.8 Å². The third kappa shape index (κ3) is 2.95. The number of hydrogen-bond donors (Lipinski definition) is 2. The zero-order chi connectivity index (χ0) is 14.8. The van der Waals surface area contributed by atoms with Gasteiger partial charge in [-0.15, -0.1) is 0 Å². The lowest BCUT2D eigenvalue weighted by Gasteiger charge is -2.12. The highest BCUT2D eigenvalue weighted by atomic mass is 35.5. The van der Waals surface area contributed by atoms with Gasteiger partial charge < -0.3 is 15.8 Å². The second-order valence-electron chi connectivity index (χ2n) is 5.00. The van der Waals surface area contributed by atoms with Gasteiger partial charge in [-0.2, -0.15) is 0 Å². The maximum atomic E-state index is 12.1. The van der Waals surface area contributed by atoms with Crippen molar-refractivity contribution in [3.63, 3.8) is 0 Å². The Morgan fingerprint density at radius 1 is 1.33 bits per heavy atom. The molecule has 2 aromatic rings. The summed E-state index contributed by atoms with van der Waals surface area (Å²) in [5, 5.41) is 3.20. The average Bonchev–Trinajstić information content (AvgIpc) is 2.87. The number of nitrogen functional groups attached to an aromatic ring is 1. The molecule has 0 fully saturated rings. The normalized spacial score (nSPS) is 16.1. The Balaban J connectivity index is 1.60. The zero-order valence-corrected chi connectivity index (χ0v) is 12.1. The van der Waals surface area contributed by atoms with E-state index in [2.05, 4.69) is 5.32 Å². The van der Waals surface area contributed by atoms with Crippen LogP contribution in [0, 0.1) is 0 Å². The molecule has 4 nitrogen and oxygen atoms in total. The first-order valence-electron chi connectivity index (χ1n) is 6.71. The third-order valence-corrected chi connectivity index (χ3v) is 3.75. The molecule has 0 radical (unpaired) electrons. The Morgan fingerprint density at radius 2 is 2.14 bits per heavy atom. The molecule has 0 spiro atoms. The number of amides is 1. The Kier molecular flexibility index (Phi) is 3.71. The van der Waals surface area contributed by atoms with E-state index in [4.69, 9.17) is 22.1 Å². The Hall–Kier alpha value is -2.20. The van der Waals surface area contributed by atoms with Crippen molar-refractivity contribution < 1.29 is 9.53 Å². The molecule has 0 saturated heterocycles. The fraction of sp³-hybridized carbons (Fsp3) is 0.188. The summed E-state index contributed by atoms with van der Waals surface area (Å²) < 4.78 is 5.77. The second kappa shape index (κ2) is 5.66. The molecule has 21 heavy (non-hydrogen) atoms. The molecule has 2 aromatic carbocycles. The summed E-state index contributed by atoms with van der Waals surface area (Å²) in [7, 11) is 0. The van der Waals surface area contributed by atoms with Crippen LogP contribution < -0.4 is 15.8 Å². The van der Waals surface area contributed by atoms with Crippen molar-refractivity contribution in [3.8, 4) is 5.75 Å². The van der Waals surface area contributed by atoms with Gasteiger partial charge in [0, 0.05) is 12.1 Å². The molecule has 108 valence electrons. The smallest absolute Gasteiger partial charge is 0.252 e. The maximum absolute atomic E-state index is 12.1. The second-order valence-corrected chi connectivity index (χ2v) is 5.41. The summed E-state index contributed by atoms with van der Waals surface area (Å²) in [5.41, 5.74) is 7.73. The van der Waals surface area contributed by atoms with Gasteiger partial charge in [0.25, 0.3) is 5.91 Å². The molecule has 1 heterocycles. The van der Waals surface area contributed by atoms with Gasteiger partial charge in [0.2, 0.25) is 0 Å². The number of hydrogen-bond acceptors (Lipinski definition) is 3. The van der Waals surface area contributed by atoms with Crippen LogP contribution in [0.2, 0.25) is 5.02 Å².